The van der Waals surface area contributed by atoms with Gasteiger partial charge in [0.15, 0.2) is 0 Å². The predicted molar refractivity (Wildman–Crippen MR) is 58.9 cm³/mol. The quantitative estimate of drug-likeness (QED) is 0.544. The molecule has 88 valence electrons. The molecule has 0 saturated carbocycles. The number of carboxylic acid groups (broad SMARTS) is 1. The third-order valence-electron chi connectivity index (χ3n) is 1.75. The normalized spacial score (nSPS) is 14.3. The van der Waals surface area contributed by atoms with Crippen molar-refractivity contribution in [3.63, 3.8) is 0 Å². The summed E-state index contributed by atoms with van der Waals surface area (Å²) >= 11 is 1.61. The molecule has 0 saturated heterocycles. The van der Waals surface area contributed by atoms with Gasteiger partial charge in [0.2, 0.25) is 5.91 Å². The van der Waals surface area contributed by atoms with Crippen molar-refractivity contribution in [1.82, 2.24) is 5.32 Å². The maximum absolute atomic E-state index is 11.1. The molecule has 6 heteroatoms. The van der Waals surface area contributed by atoms with E-state index in [1.54, 1.807) is 11.8 Å². The molecule has 0 radical (unpaired) electrons. The lowest BCUT2D eigenvalue weighted by Crippen LogP contribution is -2.45. The fraction of sp³-hybridized carbons (Fsp3) is 0.778. The lowest BCUT2D eigenvalue weighted by Gasteiger charge is -2.15. The minimum absolute atomic E-state index is 0.367. The van der Waals surface area contributed by atoms with Gasteiger partial charge in [0.25, 0.3) is 0 Å². The third-order valence-corrected chi connectivity index (χ3v) is 2.68. The molecular weight excluding hydrogens is 218 g/mol. The number of aliphatic hydroxyl groups excluding tert-OH is 1. The Kier molecular flexibility index (Phi) is 7.15. The molecule has 0 aliphatic carbocycles. The molecule has 0 heterocycles. The van der Waals surface area contributed by atoms with Gasteiger partial charge in [0.05, 0.1) is 0 Å². The molecule has 15 heavy (non-hydrogen) atoms. The van der Waals surface area contributed by atoms with Gasteiger partial charge in [-0.05, 0) is 24.9 Å². The van der Waals surface area contributed by atoms with Gasteiger partial charge in [-0.3, -0.25) is 4.79 Å². The van der Waals surface area contributed by atoms with Gasteiger partial charge in [0, 0.05) is 0 Å². The number of amides is 1. The molecule has 2 atom stereocenters. The van der Waals surface area contributed by atoms with Gasteiger partial charge in [-0.2, -0.15) is 11.8 Å². The Labute approximate surface area is 93.2 Å². The van der Waals surface area contributed by atoms with Crippen LogP contribution in [-0.2, 0) is 9.59 Å². The third kappa shape index (κ3) is 6.35. The van der Waals surface area contributed by atoms with E-state index in [-0.39, 0.29) is 0 Å². The van der Waals surface area contributed by atoms with E-state index in [1.807, 2.05) is 6.92 Å². The first kappa shape index (κ1) is 14.2. The van der Waals surface area contributed by atoms with E-state index in [2.05, 4.69) is 5.32 Å². The Bertz CT molecular complexity index is 220. The van der Waals surface area contributed by atoms with Gasteiger partial charge in [0.1, 0.15) is 12.1 Å². The molecule has 0 aliphatic rings. The van der Waals surface area contributed by atoms with Gasteiger partial charge in [-0.15, -0.1) is 0 Å². The molecule has 0 fully saturated rings. The highest BCUT2D eigenvalue weighted by Gasteiger charge is 2.21. The number of carboxylic acids is 1. The van der Waals surface area contributed by atoms with Gasteiger partial charge >= 0.3 is 5.97 Å². The number of rotatable bonds is 7. The Hall–Kier alpha value is -0.750. The second-order valence-electron chi connectivity index (χ2n) is 3.06. The van der Waals surface area contributed by atoms with Crippen LogP contribution in [0.25, 0.3) is 0 Å². The SMILES string of the molecule is CCSCCC(NC(=O)C(C)O)C(=O)O. The maximum atomic E-state index is 11.1. The summed E-state index contributed by atoms with van der Waals surface area (Å²) in [7, 11) is 0. The van der Waals surface area contributed by atoms with Crippen LogP contribution in [-0.4, -0.2) is 45.7 Å². The number of aliphatic hydroxyl groups is 1. The Balaban J connectivity index is 4.05. The molecule has 0 aromatic heterocycles. The van der Waals surface area contributed by atoms with Crippen LogP contribution in [0.5, 0.6) is 0 Å². The maximum Gasteiger partial charge on any atom is 0.326 e. The van der Waals surface area contributed by atoms with Crippen LogP contribution in [0, 0.1) is 0 Å². The fourth-order valence-electron chi connectivity index (χ4n) is 0.895. The molecule has 2 unspecified atom stereocenters. The number of thioether (sulfide) groups is 1. The smallest absolute Gasteiger partial charge is 0.326 e. The summed E-state index contributed by atoms with van der Waals surface area (Å²) in [6.45, 7) is 3.28. The van der Waals surface area contributed by atoms with Crippen LogP contribution in [0.3, 0.4) is 0 Å². The van der Waals surface area contributed by atoms with Crippen LogP contribution in [0.15, 0.2) is 0 Å². The summed E-state index contributed by atoms with van der Waals surface area (Å²) in [6, 6.07) is -0.911. The molecule has 5 nitrogen and oxygen atoms in total. The zero-order valence-corrected chi connectivity index (χ0v) is 9.71. The number of carbonyl (C=O) groups is 2. The van der Waals surface area contributed by atoms with E-state index < -0.39 is 24.0 Å². The van der Waals surface area contributed by atoms with E-state index in [0.717, 1.165) is 5.75 Å². The number of nitrogens with one attached hydrogen (secondary N) is 1. The topological polar surface area (TPSA) is 86.6 Å². The minimum Gasteiger partial charge on any atom is -0.480 e. The lowest BCUT2D eigenvalue weighted by molar-refractivity contribution is -0.143. The largest absolute Gasteiger partial charge is 0.480 e. The fourth-order valence-corrected chi connectivity index (χ4v) is 1.59. The van der Waals surface area contributed by atoms with Gasteiger partial charge in [-0.25, -0.2) is 4.79 Å². The molecule has 0 aromatic rings. The van der Waals surface area contributed by atoms with Crippen molar-refractivity contribution in [3.8, 4) is 0 Å². The summed E-state index contributed by atoms with van der Waals surface area (Å²) in [6.07, 6.45) is -0.808. The highest BCUT2D eigenvalue weighted by Crippen LogP contribution is 2.04. The molecule has 1 amide bonds. The number of hydrogen-bond acceptors (Lipinski definition) is 4. The summed E-state index contributed by atoms with van der Waals surface area (Å²) < 4.78 is 0. The van der Waals surface area contributed by atoms with Crippen LogP contribution < -0.4 is 5.32 Å². The molecule has 0 aliphatic heterocycles. The van der Waals surface area contributed by atoms with Crippen molar-refractivity contribution >= 4 is 23.6 Å². The zero-order chi connectivity index (χ0) is 11.8. The number of carbonyl (C=O) groups excluding carboxylic acids is 1. The van der Waals surface area contributed by atoms with Crippen LogP contribution in [0.1, 0.15) is 20.3 Å². The van der Waals surface area contributed by atoms with Crippen molar-refractivity contribution in [2.75, 3.05) is 11.5 Å². The van der Waals surface area contributed by atoms with Crippen molar-refractivity contribution in [2.24, 2.45) is 0 Å². The van der Waals surface area contributed by atoms with Crippen LogP contribution >= 0.6 is 11.8 Å². The second kappa shape index (κ2) is 7.53. The first-order valence-corrected chi connectivity index (χ1v) is 5.93. The molecular formula is C9H17NO4S. The van der Waals surface area contributed by atoms with Crippen molar-refractivity contribution in [2.45, 2.75) is 32.4 Å². The van der Waals surface area contributed by atoms with Crippen molar-refractivity contribution in [1.29, 1.82) is 0 Å². The molecule has 0 bridgehead atoms. The monoisotopic (exact) mass is 235 g/mol. The van der Waals surface area contributed by atoms with Crippen molar-refractivity contribution < 1.29 is 19.8 Å². The summed E-state index contributed by atoms with van der Waals surface area (Å²) in [5.74, 6) is -0.130. The Morgan fingerprint density at radius 3 is 2.47 bits per heavy atom. The Morgan fingerprint density at radius 2 is 2.07 bits per heavy atom. The highest BCUT2D eigenvalue weighted by atomic mass is 32.2. The van der Waals surface area contributed by atoms with Crippen molar-refractivity contribution in [3.05, 3.63) is 0 Å². The number of aliphatic carboxylic acids is 1. The molecule has 3 N–H and O–H groups in total. The molecule has 0 spiro atoms. The Morgan fingerprint density at radius 1 is 1.47 bits per heavy atom. The van der Waals surface area contributed by atoms with Gasteiger partial charge in [-0.1, -0.05) is 6.92 Å². The minimum atomic E-state index is -1.18. The average Bonchev–Trinajstić information content (AvgIpc) is 2.15. The van der Waals surface area contributed by atoms with Crippen LogP contribution in [0.4, 0.5) is 0 Å². The molecule has 0 aromatic carbocycles. The summed E-state index contributed by atoms with van der Waals surface area (Å²) in [5.41, 5.74) is 0. The standard InChI is InChI=1S/C9H17NO4S/c1-3-15-5-4-7(9(13)14)10-8(12)6(2)11/h6-7,11H,3-5H2,1-2H3,(H,10,12)(H,13,14). The first-order valence-electron chi connectivity index (χ1n) is 4.78. The predicted octanol–water partition coefficient (Wildman–Crippen LogP) is 0.0798. The van der Waals surface area contributed by atoms with E-state index in [0.29, 0.717) is 12.2 Å². The van der Waals surface area contributed by atoms with E-state index in [4.69, 9.17) is 10.2 Å². The van der Waals surface area contributed by atoms with E-state index in [1.165, 1.54) is 6.92 Å². The first-order chi connectivity index (χ1) is 6.99. The highest BCUT2D eigenvalue weighted by molar-refractivity contribution is 7.99. The summed E-state index contributed by atoms with van der Waals surface area (Å²) in [5, 5.41) is 20.0. The second-order valence-corrected chi connectivity index (χ2v) is 4.45. The van der Waals surface area contributed by atoms with Crippen LogP contribution in [0.2, 0.25) is 0 Å². The van der Waals surface area contributed by atoms with E-state index in [9.17, 15) is 9.59 Å². The summed E-state index contributed by atoms with van der Waals surface area (Å²) in [4.78, 5) is 21.8. The van der Waals surface area contributed by atoms with E-state index >= 15 is 0 Å². The number of hydrogen-bond donors (Lipinski definition) is 3. The lowest BCUT2D eigenvalue weighted by atomic mass is 10.2. The zero-order valence-electron chi connectivity index (χ0n) is 8.90. The average molecular weight is 235 g/mol. The van der Waals surface area contributed by atoms with Gasteiger partial charge < -0.3 is 15.5 Å². The molecule has 0 rings (SSSR count).